The van der Waals surface area contributed by atoms with Crippen molar-refractivity contribution in [3.05, 3.63) is 94.0 Å². The molecular weight excluding hydrogens is 660 g/mol. The van der Waals surface area contributed by atoms with Gasteiger partial charge in [0.25, 0.3) is 11.8 Å². The third-order valence-electron chi connectivity index (χ3n) is 10.2. The van der Waals surface area contributed by atoms with Crippen LogP contribution in [0.15, 0.2) is 70.8 Å². The van der Waals surface area contributed by atoms with Gasteiger partial charge in [0, 0.05) is 16.7 Å². The molecule has 3 aliphatic rings. The van der Waals surface area contributed by atoms with Crippen LogP contribution in [0.25, 0.3) is 11.1 Å². The molecule has 2 aliphatic heterocycles. The van der Waals surface area contributed by atoms with Gasteiger partial charge in [0.05, 0.1) is 17.6 Å². The summed E-state index contributed by atoms with van der Waals surface area (Å²) in [6, 6.07) is 15.8. The first-order valence-electron chi connectivity index (χ1n) is 17.3. The number of aliphatic imine (C=N–C) groups is 1. The summed E-state index contributed by atoms with van der Waals surface area (Å²) in [7, 11) is 0. The van der Waals surface area contributed by atoms with Gasteiger partial charge < -0.3 is 10.2 Å². The van der Waals surface area contributed by atoms with Gasteiger partial charge in [-0.1, -0.05) is 82.5 Å². The van der Waals surface area contributed by atoms with Crippen LogP contribution in [0.3, 0.4) is 0 Å². The van der Waals surface area contributed by atoms with Crippen molar-refractivity contribution in [3.8, 4) is 11.1 Å². The zero-order valence-electron chi connectivity index (χ0n) is 28.9. The molecule has 1 fully saturated rings. The van der Waals surface area contributed by atoms with E-state index >= 15 is 4.39 Å². The Morgan fingerprint density at radius 2 is 1.74 bits per heavy atom. The summed E-state index contributed by atoms with van der Waals surface area (Å²) in [4.78, 5) is 34.8. The van der Waals surface area contributed by atoms with E-state index in [9.17, 15) is 14.0 Å². The Kier molecular flexibility index (Phi) is 10.3. The molecule has 264 valence electrons. The van der Waals surface area contributed by atoms with Crippen LogP contribution < -0.4 is 21.8 Å². The van der Waals surface area contributed by atoms with Crippen molar-refractivity contribution in [2.45, 2.75) is 84.3 Å². The fourth-order valence-electron chi connectivity index (χ4n) is 7.36. The minimum Gasteiger partial charge on any atom is -0.345 e. The maximum absolute atomic E-state index is 15.7. The summed E-state index contributed by atoms with van der Waals surface area (Å²) in [6.07, 6.45) is 5.73. The lowest BCUT2D eigenvalue weighted by Gasteiger charge is -2.47. The standard InChI is InChI=1S/C38H44ClF2N7O2/c1-5-6-7-32(23-8-10-24(11-9-23)35(49)42-22-33-44-46-47-45-33)48-36(50)34(43-38(48)18-16-27(17-19-38)37(2,3)4)26-12-14-28(30(40)21-26)25-13-15-29(39)31(41)20-25/h8-15,20-21,27,32,46-47H,5-7,16-19,22H2,1-4H3,(H,42,49)(H,44,45). The number of hydrazone groups is 1. The van der Waals surface area contributed by atoms with E-state index in [2.05, 4.69) is 54.6 Å². The average molecular weight is 704 g/mol. The molecule has 0 saturated heterocycles. The van der Waals surface area contributed by atoms with Gasteiger partial charge in [-0.05, 0) is 84.9 Å². The number of nitrogens with one attached hydrogen (secondary N) is 4. The van der Waals surface area contributed by atoms with Gasteiger partial charge in [0.15, 0.2) is 5.84 Å². The number of carbonyl (C=O) groups excluding carboxylic acids is 2. The van der Waals surface area contributed by atoms with E-state index in [0.717, 1.165) is 31.2 Å². The quantitative estimate of drug-likeness (QED) is 0.176. The van der Waals surface area contributed by atoms with E-state index in [1.165, 1.54) is 18.2 Å². The molecule has 0 radical (unpaired) electrons. The monoisotopic (exact) mass is 703 g/mol. The maximum atomic E-state index is 15.7. The highest BCUT2D eigenvalue weighted by atomic mass is 35.5. The Labute approximate surface area is 296 Å². The molecular formula is C38H44ClF2N7O2. The SMILES string of the molecule is CCCCC(c1ccc(C(=O)NCC2=NNNN2)cc1)N1C(=O)C(c2ccc(-c3ccc(Cl)c(F)c3)c(F)c2)=NC12CCC(C(C)(C)C)CC2. The summed E-state index contributed by atoms with van der Waals surface area (Å²) in [6.45, 7) is 9.11. The molecule has 50 heavy (non-hydrogen) atoms. The van der Waals surface area contributed by atoms with Gasteiger partial charge in [0.1, 0.15) is 23.0 Å². The van der Waals surface area contributed by atoms with E-state index in [4.69, 9.17) is 16.6 Å². The first-order valence-corrected chi connectivity index (χ1v) is 17.7. The van der Waals surface area contributed by atoms with E-state index in [1.54, 1.807) is 30.3 Å². The van der Waals surface area contributed by atoms with E-state index in [0.29, 0.717) is 47.7 Å². The minimum absolute atomic E-state index is 0.0402. The normalized spacial score (nSPS) is 21.1. The summed E-state index contributed by atoms with van der Waals surface area (Å²) < 4.78 is 29.9. The maximum Gasteiger partial charge on any atom is 0.275 e. The van der Waals surface area contributed by atoms with Crippen LogP contribution in [-0.2, 0) is 4.79 Å². The van der Waals surface area contributed by atoms with Gasteiger partial charge in [-0.2, -0.15) is 0 Å². The summed E-state index contributed by atoms with van der Waals surface area (Å²) in [5.41, 5.74) is 9.92. The second kappa shape index (κ2) is 14.5. The van der Waals surface area contributed by atoms with Gasteiger partial charge >= 0.3 is 0 Å². The molecule has 4 N–H and O–H groups in total. The number of halogens is 3. The molecule has 1 saturated carbocycles. The van der Waals surface area contributed by atoms with Crippen molar-refractivity contribution in [1.29, 1.82) is 0 Å². The smallest absolute Gasteiger partial charge is 0.275 e. The van der Waals surface area contributed by atoms with Crippen molar-refractivity contribution in [3.63, 3.8) is 0 Å². The lowest BCUT2D eigenvalue weighted by atomic mass is 9.69. The Morgan fingerprint density at radius 1 is 1.04 bits per heavy atom. The zero-order valence-corrected chi connectivity index (χ0v) is 29.6. The number of carbonyl (C=O) groups is 2. The van der Waals surface area contributed by atoms with Crippen LogP contribution in [0.4, 0.5) is 8.78 Å². The number of hydrazine groups is 2. The van der Waals surface area contributed by atoms with Crippen molar-refractivity contribution in [1.82, 2.24) is 26.7 Å². The van der Waals surface area contributed by atoms with Crippen molar-refractivity contribution in [2.24, 2.45) is 21.4 Å². The highest BCUT2D eigenvalue weighted by Gasteiger charge is 2.52. The fraction of sp³-hybridized carbons (Fsp3) is 0.421. The number of amides is 2. The molecule has 2 heterocycles. The van der Waals surface area contributed by atoms with E-state index < -0.39 is 17.3 Å². The van der Waals surface area contributed by atoms with E-state index in [1.807, 2.05) is 17.0 Å². The zero-order chi connectivity index (χ0) is 35.6. The topological polar surface area (TPSA) is 110 Å². The number of benzene rings is 3. The number of hydrogen-bond donors (Lipinski definition) is 4. The lowest BCUT2D eigenvalue weighted by molar-refractivity contribution is -0.133. The van der Waals surface area contributed by atoms with Crippen molar-refractivity contribution in [2.75, 3.05) is 6.54 Å². The Bertz CT molecular complexity index is 1810. The predicted molar refractivity (Wildman–Crippen MR) is 192 cm³/mol. The Hall–Kier alpha value is -4.35. The van der Waals surface area contributed by atoms with Crippen LogP contribution in [-0.4, -0.2) is 40.5 Å². The molecule has 3 aromatic carbocycles. The summed E-state index contributed by atoms with van der Waals surface area (Å²) in [5.74, 6) is -0.667. The molecule has 1 aliphatic carbocycles. The van der Waals surface area contributed by atoms with E-state index in [-0.39, 0.29) is 46.1 Å². The highest BCUT2D eigenvalue weighted by Crippen LogP contribution is 2.50. The Balaban J connectivity index is 1.33. The van der Waals surface area contributed by atoms with Crippen LogP contribution >= 0.6 is 11.6 Å². The molecule has 2 amide bonds. The Morgan fingerprint density at radius 3 is 2.36 bits per heavy atom. The number of unbranched alkanes of at least 4 members (excludes halogenated alkanes) is 1. The molecule has 9 nitrogen and oxygen atoms in total. The summed E-state index contributed by atoms with van der Waals surface area (Å²) >= 11 is 5.86. The second-order valence-corrected chi connectivity index (χ2v) is 14.9. The first-order chi connectivity index (χ1) is 23.9. The van der Waals surface area contributed by atoms with Gasteiger partial charge in [-0.15, -0.1) is 10.6 Å². The lowest BCUT2D eigenvalue weighted by Crippen LogP contribution is -2.51. The molecule has 12 heteroatoms. The van der Waals surface area contributed by atoms with Crippen LogP contribution in [0.2, 0.25) is 5.02 Å². The largest absolute Gasteiger partial charge is 0.345 e. The number of rotatable bonds is 10. The van der Waals surface area contributed by atoms with Gasteiger partial charge in [0.2, 0.25) is 0 Å². The molecule has 6 rings (SSSR count). The number of hydrogen-bond acceptors (Lipinski definition) is 7. The highest BCUT2D eigenvalue weighted by molar-refractivity contribution is 6.46. The molecule has 1 atom stereocenters. The minimum atomic E-state index is -0.784. The predicted octanol–water partition coefficient (Wildman–Crippen LogP) is 7.44. The van der Waals surface area contributed by atoms with Gasteiger partial charge in [-0.3, -0.25) is 20.0 Å². The molecule has 0 bridgehead atoms. The molecule has 3 aromatic rings. The number of nitrogens with zero attached hydrogens (tertiary/aromatic N) is 3. The number of amidine groups is 1. The third kappa shape index (κ3) is 7.25. The average Bonchev–Trinajstić information content (AvgIpc) is 3.72. The third-order valence-corrected chi connectivity index (χ3v) is 10.6. The fourth-order valence-corrected chi connectivity index (χ4v) is 7.48. The van der Waals surface area contributed by atoms with Crippen LogP contribution in [0.5, 0.6) is 0 Å². The second-order valence-electron chi connectivity index (χ2n) is 14.5. The molecule has 0 aromatic heterocycles. The van der Waals surface area contributed by atoms with Crippen molar-refractivity contribution < 1.29 is 18.4 Å². The van der Waals surface area contributed by atoms with Gasteiger partial charge in [-0.25, -0.2) is 14.3 Å². The van der Waals surface area contributed by atoms with Crippen molar-refractivity contribution >= 4 is 35.0 Å². The van der Waals surface area contributed by atoms with Crippen LogP contribution in [0.1, 0.15) is 100 Å². The first kappa shape index (κ1) is 35.5. The molecule has 1 spiro atoms. The molecule has 1 unspecified atom stereocenters. The van der Waals surface area contributed by atoms with Crippen LogP contribution in [0, 0.1) is 23.0 Å². The summed E-state index contributed by atoms with van der Waals surface area (Å²) in [5, 5.41) is 6.78.